The molecule has 0 saturated heterocycles. The molecular weight excluding hydrogens is 293 g/mol. The molecule has 6 heteroatoms. The Kier molecular flexibility index (Phi) is 3.33. The molecule has 0 unspecified atom stereocenters. The number of hydrogen-bond acceptors (Lipinski definition) is 3. The van der Waals surface area contributed by atoms with E-state index in [0.717, 1.165) is 24.2 Å². The lowest BCUT2D eigenvalue weighted by Gasteiger charge is -2.13. The van der Waals surface area contributed by atoms with Crippen LogP contribution in [0.15, 0.2) is 18.2 Å². The number of hydrogen-bond donors (Lipinski definition) is 0. The van der Waals surface area contributed by atoms with Crippen molar-refractivity contribution in [2.45, 2.75) is 12.8 Å². The fourth-order valence-corrected chi connectivity index (χ4v) is 2.17. The normalized spacial score (nSPS) is 16.6. The van der Waals surface area contributed by atoms with E-state index in [-0.39, 0.29) is 16.9 Å². The van der Waals surface area contributed by atoms with E-state index in [1.807, 2.05) is 0 Å². The van der Waals surface area contributed by atoms with E-state index in [1.54, 1.807) is 0 Å². The molecule has 92 valence electrons. The molecule has 4 nitrogen and oxygen atoms in total. The van der Waals surface area contributed by atoms with Crippen LogP contribution in [0, 0.1) is 21.3 Å². The second-order valence-electron chi connectivity index (χ2n) is 4.29. The standard InChI is InChI=1S/C11H11BrFNO3/c12-6-11(3-4-11)7-17-10-2-1-8(14(15)16)5-9(10)13/h1-2,5H,3-4,6-7H2. The molecule has 0 aliphatic heterocycles. The number of non-ortho nitro benzene ring substituents is 1. The van der Waals surface area contributed by atoms with E-state index in [4.69, 9.17) is 4.74 Å². The SMILES string of the molecule is O=[N+]([O-])c1ccc(OCC2(CBr)CC2)c(F)c1. The highest BCUT2D eigenvalue weighted by atomic mass is 79.9. The first kappa shape index (κ1) is 12.3. The Hall–Kier alpha value is -1.17. The third-order valence-corrected chi connectivity index (χ3v) is 4.09. The lowest BCUT2D eigenvalue weighted by Crippen LogP contribution is -2.14. The van der Waals surface area contributed by atoms with Crippen molar-refractivity contribution in [3.05, 3.63) is 34.1 Å². The fraction of sp³-hybridized carbons (Fsp3) is 0.455. The number of alkyl halides is 1. The van der Waals surface area contributed by atoms with E-state index in [2.05, 4.69) is 15.9 Å². The van der Waals surface area contributed by atoms with Gasteiger partial charge in [0, 0.05) is 16.8 Å². The van der Waals surface area contributed by atoms with Gasteiger partial charge in [-0.05, 0) is 18.9 Å². The summed E-state index contributed by atoms with van der Waals surface area (Å²) < 4.78 is 18.8. The number of halogens is 2. The highest BCUT2D eigenvalue weighted by Crippen LogP contribution is 2.47. The average molecular weight is 304 g/mol. The molecule has 1 aliphatic rings. The summed E-state index contributed by atoms with van der Waals surface area (Å²) in [6, 6.07) is 3.42. The number of nitrogens with zero attached hydrogens (tertiary/aromatic N) is 1. The van der Waals surface area contributed by atoms with Crippen molar-refractivity contribution >= 4 is 21.6 Å². The van der Waals surface area contributed by atoms with Crippen LogP contribution in [0.2, 0.25) is 0 Å². The van der Waals surface area contributed by atoms with Gasteiger partial charge in [0.1, 0.15) is 0 Å². The van der Waals surface area contributed by atoms with Crippen LogP contribution < -0.4 is 4.74 Å². The second kappa shape index (κ2) is 4.60. The molecule has 0 N–H and O–H groups in total. The molecule has 0 amide bonds. The quantitative estimate of drug-likeness (QED) is 0.476. The molecule has 0 radical (unpaired) electrons. The van der Waals surface area contributed by atoms with Crippen molar-refractivity contribution in [2.75, 3.05) is 11.9 Å². The Morgan fingerprint density at radius 3 is 2.71 bits per heavy atom. The molecular formula is C11H11BrFNO3. The second-order valence-corrected chi connectivity index (χ2v) is 4.85. The lowest BCUT2D eigenvalue weighted by molar-refractivity contribution is -0.385. The molecule has 0 spiro atoms. The van der Waals surface area contributed by atoms with Crippen LogP contribution in [0.4, 0.5) is 10.1 Å². The predicted molar refractivity (Wildman–Crippen MR) is 64.0 cm³/mol. The maximum Gasteiger partial charge on any atom is 0.272 e. The van der Waals surface area contributed by atoms with Crippen LogP contribution >= 0.6 is 15.9 Å². The summed E-state index contributed by atoms with van der Waals surface area (Å²) >= 11 is 3.39. The summed E-state index contributed by atoms with van der Waals surface area (Å²) in [7, 11) is 0. The Bertz CT molecular complexity index is 448. The van der Waals surface area contributed by atoms with Crippen LogP contribution in [0.5, 0.6) is 5.75 Å². The molecule has 1 aromatic carbocycles. The van der Waals surface area contributed by atoms with Gasteiger partial charge in [0.15, 0.2) is 11.6 Å². The number of nitro benzene ring substituents is 1. The highest BCUT2D eigenvalue weighted by Gasteiger charge is 2.42. The van der Waals surface area contributed by atoms with Crippen molar-refractivity contribution in [3.8, 4) is 5.75 Å². The summed E-state index contributed by atoms with van der Waals surface area (Å²) in [4.78, 5) is 9.80. The molecule has 0 heterocycles. The van der Waals surface area contributed by atoms with Gasteiger partial charge in [-0.25, -0.2) is 4.39 Å². The van der Waals surface area contributed by atoms with Gasteiger partial charge in [-0.3, -0.25) is 10.1 Å². The van der Waals surface area contributed by atoms with Gasteiger partial charge in [-0.1, -0.05) is 15.9 Å². The van der Waals surface area contributed by atoms with E-state index in [1.165, 1.54) is 12.1 Å². The zero-order chi connectivity index (χ0) is 12.5. The van der Waals surface area contributed by atoms with Gasteiger partial charge in [0.25, 0.3) is 5.69 Å². The van der Waals surface area contributed by atoms with Crippen molar-refractivity contribution in [2.24, 2.45) is 5.41 Å². The Labute approximate surface area is 106 Å². The predicted octanol–water partition coefficient (Wildman–Crippen LogP) is 3.29. The van der Waals surface area contributed by atoms with Crippen molar-refractivity contribution in [3.63, 3.8) is 0 Å². The van der Waals surface area contributed by atoms with E-state index in [9.17, 15) is 14.5 Å². The highest BCUT2D eigenvalue weighted by molar-refractivity contribution is 9.09. The topological polar surface area (TPSA) is 52.4 Å². The zero-order valence-electron chi connectivity index (χ0n) is 8.99. The number of ether oxygens (including phenoxy) is 1. The molecule has 1 fully saturated rings. The van der Waals surface area contributed by atoms with Gasteiger partial charge < -0.3 is 4.74 Å². The van der Waals surface area contributed by atoms with Crippen molar-refractivity contribution < 1.29 is 14.1 Å². The molecule has 1 aromatic rings. The van der Waals surface area contributed by atoms with Crippen LogP contribution in [-0.4, -0.2) is 16.9 Å². The number of benzene rings is 1. The first-order chi connectivity index (χ1) is 8.06. The molecule has 1 aliphatic carbocycles. The van der Waals surface area contributed by atoms with Crippen LogP contribution in [0.1, 0.15) is 12.8 Å². The van der Waals surface area contributed by atoms with Gasteiger partial charge in [-0.15, -0.1) is 0 Å². The smallest absolute Gasteiger partial charge is 0.272 e. The largest absolute Gasteiger partial charge is 0.490 e. The zero-order valence-corrected chi connectivity index (χ0v) is 10.6. The Balaban J connectivity index is 2.04. The van der Waals surface area contributed by atoms with E-state index < -0.39 is 10.7 Å². The van der Waals surface area contributed by atoms with Crippen LogP contribution in [0.25, 0.3) is 0 Å². The monoisotopic (exact) mass is 303 g/mol. The fourth-order valence-electron chi connectivity index (χ4n) is 1.44. The summed E-state index contributed by atoms with van der Waals surface area (Å²) in [6.45, 7) is 0.437. The minimum atomic E-state index is -0.690. The van der Waals surface area contributed by atoms with Gasteiger partial charge in [0.05, 0.1) is 17.6 Å². The number of rotatable bonds is 5. The minimum Gasteiger partial charge on any atom is -0.490 e. The maximum atomic E-state index is 13.5. The Morgan fingerprint density at radius 1 is 1.53 bits per heavy atom. The summed E-state index contributed by atoms with van der Waals surface area (Å²) in [5.41, 5.74) is -0.148. The van der Waals surface area contributed by atoms with Crippen LogP contribution in [0.3, 0.4) is 0 Å². The maximum absolute atomic E-state index is 13.5. The molecule has 0 bridgehead atoms. The summed E-state index contributed by atoms with van der Waals surface area (Å²) in [6.07, 6.45) is 2.12. The third-order valence-electron chi connectivity index (χ3n) is 2.90. The summed E-state index contributed by atoms with van der Waals surface area (Å²) in [5.74, 6) is -0.618. The minimum absolute atomic E-state index is 0.0721. The number of nitro groups is 1. The van der Waals surface area contributed by atoms with E-state index >= 15 is 0 Å². The molecule has 1 saturated carbocycles. The Morgan fingerprint density at radius 2 is 2.24 bits per heavy atom. The van der Waals surface area contributed by atoms with Gasteiger partial charge in [0.2, 0.25) is 0 Å². The van der Waals surface area contributed by atoms with Crippen molar-refractivity contribution in [1.82, 2.24) is 0 Å². The van der Waals surface area contributed by atoms with Gasteiger partial charge in [-0.2, -0.15) is 0 Å². The molecule has 17 heavy (non-hydrogen) atoms. The first-order valence-corrected chi connectivity index (χ1v) is 6.31. The van der Waals surface area contributed by atoms with Crippen LogP contribution in [-0.2, 0) is 0 Å². The first-order valence-electron chi connectivity index (χ1n) is 5.19. The lowest BCUT2D eigenvalue weighted by atomic mass is 10.2. The average Bonchev–Trinajstić information content (AvgIpc) is 3.08. The third kappa shape index (κ3) is 2.74. The molecule has 0 atom stereocenters. The molecule has 2 rings (SSSR count). The molecule has 0 aromatic heterocycles. The van der Waals surface area contributed by atoms with Crippen molar-refractivity contribution in [1.29, 1.82) is 0 Å². The van der Waals surface area contributed by atoms with E-state index in [0.29, 0.717) is 6.61 Å². The van der Waals surface area contributed by atoms with Gasteiger partial charge >= 0.3 is 0 Å². The summed E-state index contributed by atoms with van der Waals surface area (Å²) in [5, 5.41) is 11.3.